The summed E-state index contributed by atoms with van der Waals surface area (Å²) in [7, 11) is 2.04. The lowest BCUT2D eigenvalue weighted by Gasteiger charge is -2.29. The highest BCUT2D eigenvalue weighted by Crippen LogP contribution is 2.14. The highest BCUT2D eigenvalue weighted by Gasteiger charge is 2.13. The van der Waals surface area contributed by atoms with Crippen molar-refractivity contribution < 1.29 is 4.79 Å². The summed E-state index contributed by atoms with van der Waals surface area (Å²) in [6.45, 7) is 5.76. The largest absolute Gasteiger partial charge is 0.372 e. The van der Waals surface area contributed by atoms with Gasteiger partial charge in [0.05, 0.1) is 6.54 Å². The molecule has 3 nitrogen and oxygen atoms in total. The lowest BCUT2D eigenvalue weighted by atomic mass is 10.2. The predicted molar refractivity (Wildman–Crippen MR) is 57.5 cm³/mol. The smallest absolute Gasteiger partial charge is 0.213 e. The number of amides is 1. The van der Waals surface area contributed by atoms with E-state index in [1.54, 1.807) is 4.90 Å². The fraction of sp³-hybridized carbons (Fsp3) is 0.545. The Kier molecular flexibility index (Phi) is 3.74. The van der Waals surface area contributed by atoms with Crippen LogP contribution >= 0.6 is 0 Å². The molecule has 0 fully saturated rings. The van der Waals surface area contributed by atoms with Gasteiger partial charge in [0.1, 0.15) is 0 Å². The first kappa shape index (κ1) is 10.8. The van der Waals surface area contributed by atoms with Crippen LogP contribution in [-0.2, 0) is 4.79 Å². The first-order chi connectivity index (χ1) is 6.69. The summed E-state index contributed by atoms with van der Waals surface area (Å²) in [5, 5.41) is 0. The number of nitrogens with zero attached hydrogens (tertiary/aromatic N) is 2. The van der Waals surface area contributed by atoms with Gasteiger partial charge in [-0.15, -0.1) is 0 Å². The summed E-state index contributed by atoms with van der Waals surface area (Å²) in [4.78, 5) is 14.7. The molecule has 0 saturated heterocycles. The molecule has 3 heteroatoms. The molecule has 0 unspecified atom stereocenters. The van der Waals surface area contributed by atoms with E-state index in [0.29, 0.717) is 0 Å². The van der Waals surface area contributed by atoms with E-state index in [1.165, 1.54) is 5.70 Å². The summed E-state index contributed by atoms with van der Waals surface area (Å²) in [5.74, 6) is 0. The summed E-state index contributed by atoms with van der Waals surface area (Å²) in [6, 6.07) is 0. The van der Waals surface area contributed by atoms with Crippen LogP contribution in [0.2, 0.25) is 0 Å². The quantitative estimate of drug-likeness (QED) is 0.634. The molecule has 0 spiro atoms. The van der Waals surface area contributed by atoms with E-state index in [4.69, 9.17) is 0 Å². The van der Waals surface area contributed by atoms with Gasteiger partial charge in [-0.05, 0) is 25.5 Å². The number of carbonyl (C=O) groups is 1. The number of likely N-dealkylation sites (N-methyl/N-ethyl adjacent to an activating group) is 1. The molecule has 0 aromatic rings. The molecule has 0 aromatic carbocycles. The van der Waals surface area contributed by atoms with Crippen LogP contribution in [0.1, 0.15) is 20.3 Å². The maximum absolute atomic E-state index is 10.8. The van der Waals surface area contributed by atoms with Crippen molar-refractivity contribution in [1.82, 2.24) is 9.80 Å². The van der Waals surface area contributed by atoms with E-state index in [0.717, 1.165) is 31.6 Å². The molecular formula is C11H18N2O. The van der Waals surface area contributed by atoms with Gasteiger partial charge in [0.15, 0.2) is 0 Å². The van der Waals surface area contributed by atoms with Crippen molar-refractivity contribution in [1.29, 1.82) is 0 Å². The lowest BCUT2D eigenvalue weighted by Crippen LogP contribution is -2.32. The average molecular weight is 194 g/mol. The number of hydrogen-bond donors (Lipinski definition) is 0. The zero-order valence-electron chi connectivity index (χ0n) is 9.16. The number of hydrogen-bond acceptors (Lipinski definition) is 2. The van der Waals surface area contributed by atoms with Crippen molar-refractivity contribution in [2.24, 2.45) is 0 Å². The van der Waals surface area contributed by atoms with Crippen molar-refractivity contribution in [3.05, 3.63) is 23.5 Å². The summed E-state index contributed by atoms with van der Waals surface area (Å²) in [5.41, 5.74) is 2.31. The van der Waals surface area contributed by atoms with Gasteiger partial charge >= 0.3 is 0 Å². The van der Waals surface area contributed by atoms with Gasteiger partial charge in [0, 0.05) is 25.0 Å². The normalized spacial score (nSPS) is 16.1. The van der Waals surface area contributed by atoms with E-state index in [9.17, 15) is 4.79 Å². The Morgan fingerprint density at radius 1 is 1.57 bits per heavy atom. The Balaban J connectivity index is 2.72. The van der Waals surface area contributed by atoms with Crippen molar-refractivity contribution in [2.75, 3.05) is 20.1 Å². The molecule has 1 heterocycles. The average Bonchev–Trinajstić information content (AvgIpc) is 2.19. The van der Waals surface area contributed by atoms with Gasteiger partial charge in [-0.25, -0.2) is 0 Å². The molecule has 78 valence electrons. The minimum absolute atomic E-state index is 0.802. The van der Waals surface area contributed by atoms with Crippen LogP contribution in [0.5, 0.6) is 0 Å². The second kappa shape index (κ2) is 4.84. The predicted octanol–water partition coefficient (Wildman–Crippen LogP) is 1.59. The van der Waals surface area contributed by atoms with Gasteiger partial charge in [-0.2, -0.15) is 0 Å². The van der Waals surface area contributed by atoms with Crippen LogP contribution < -0.4 is 0 Å². The maximum atomic E-state index is 10.8. The minimum atomic E-state index is 0.802. The van der Waals surface area contributed by atoms with Crippen molar-refractivity contribution in [2.45, 2.75) is 20.3 Å². The second-order valence-corrected chi connectivity index (χ2v) is 3.62. The third kappa shape index (κ3) is 2.37. The summed E-state index contributed by atoms with van der Waals surface area (Å²) in [6.07, 6.45) is 5.98. The monoisotopic (exact) mass is 194 g/mol. The van der Waals surface area contributed by atoms with Crippen LogP contribution in [0.4, 0.5) is 0 Å². The van der Waals surface area contributed by atoms with Crippen LogP contribution in [0.25, 0.3) is 0 Å². The van der Waals surface area contributed by atoms with Gasteiger partial charge < -0.3 is 9.80 Å². The second-order valence-electron chi connectivity index (χ2n) is 3.62. The highest BCUT2D eigenvalue weighted by atomic mass is 16.1. The molecule has 0 radical (unpaired) electrons. The van der Waals surface area contributed by atoms with Crippen molar-refractivity contribution in [3.63, 3.8) is 0 Å². The summed E-state index contributed by atoms with van der Waals surface area (Å²) < 4.78 is 0. The maximum Gasteiger partial charge on any atom is 0.213 e. The molecule has 1 amide bonds. The minimum Gasteiger partial charge on any atom is -0.372 e. The van der Waals surface area contributed by atoms with E-state index >= 15 is 0 Å². The molecule has 0 bridgehead atoms. The Hall–Kier alpha value is -1.25. The zero-order chi connectivity index (χ0) is 10.6. The van der Waals surface area contributed by atoms with E-state index in [2.05, 4.69) is 18.7 Å². The standard InChI is InChI=1S/C11H18N2O/c1-4-7-13(9-14)11-6-5-10(2)12(3)8-11/h5-6,9H,4,7-8H2,1-3H3. The Labute approximate surface area is 85.7 Å². The van der Waals surface area contributed by atoms with Crippen LogP contribution in [-0.4, -0.2) is 36.3 Å². The Morgan fingerprint density at radius 3 is 2.79 bits per heavy atom. The fourth-order valence-electron chi connectivity index (χ4n) is 1.46. The SMILES string of the molecule is CCCN(C=O)C1=CC=C(C)N(C)C1. The molecule has 0 atom stereocenters. The molecule has 0 saturated carbocycles. The van der Waals surface area contributed by atoms with Crippen molar-refractivity contribution >= 4 is 6.41 Å². The van der Waals surface area contributed by atoms with Crippen LogP contribution in [0.15, 0.2) is 23.5 Å². The van der Waals surface area contributed by atoms with Gasteiger partial charge in [0.2, 0.25) is 6.41 Å². The van der Waals surface area contributed by atoms with Crippen LogP contribution in [0.3, 0.4) is 0 Å². The first-order valence-corrected chi connectivity index (χ1v) is 4.99. The van der Waals surface area contributed by atoms with E-state index in [-0.39, 0.29) is 0 Å². The number of rotatable bonds is 4. The molecular weight excluding hydrogens is 176 g/mol. The van der Waals surface area contributed by atoms with Gasteiger partial charge in [0.25, 0.3) is 0 Å². The number of carbonyl (C=O) groups excluding carboxylic acids is 1. The van der Waals surface area contributed by atoms with E-state index in [1.807, 2.05) is 19.2 Å². The molecule has 0 N–H and O–H groups in total. The highest BCUT2D eigenvalue weighted by molar-refractivity contribution is 5.52. The number of allylic oxidation sites excluding steroid dienone is 3. The van der Waals surface area contributed by atoms with Crippen LogP contribution in [0, 0.1) is 0 Å². The third-order valence-corrected chi connectivity index (χ3v) is 2.48. The summed E-state index contributed by atoms with van der Waals surface area (Å²) >= 11 is 0. The van der Waals surface area contributed by atoms with Crippen molar-refractivity contribution in [3.8, 4) is 0 Å². The van der Waals surface area contributed by atoms with Gasteiger partial charge in [-0.1, -0.05) is 6.92 Å². The first-order valence-electron chi connectivity index (χ1n) is 4.99. The topological polar surface area (TPSA) is 23.6 Å². The zero-order valence-corrected chi connectivity index (χ0v) is 9.16. The fourth-order valence-corrected chi connectivity index (χ4v) is 1.46. The Bertz CT molecular complexity index is 268. The molecule has 0 aromatic heterocycles. The molecule has 1 rings (SSSR count). The molecule has 0 aliphatic carbocycles. The molecule has 14 heavy (non-hydrogen) atoms. The van der Waals surface area contributed by atoms with Gasteiger partial charge in [-0.3, -0.25) is 4.79 Å². The molecule has 1 aliphatic heterocycles. The lowest BCUT2D eigenvalue weighted by molar-refractivity contribution is -0.116. The molecule has 1 aliphatic rings. The Morgan fingerprint density at radius 2 is 2.29 bits per heavy atom. The van der Waals surface area contributed by atoms with E-state index < -0.39 is 0 Å². The third-order valence-electron chi connectivity index (χ3n) is 2.48.